The third kappa shape index (κ3) is 2.45. The largest absolute Gasteiger partial charge is 0.465 e. The molecule has 0 aliphatic heterocycles. The summed E-state index contributed by atoms with van der Waals surface area (Å²) in [5, 5.41) is 0. The number of esters is 1. The summed E-state index contributed by atoms with van der Waals surface area (Å²) in [4.78, 5) is 19.9. The highest BCUT2D eigenvalue weighted by atomic mass is 19.1. The van der Waals surface area contributed by atoms with Crippen LogP contribution in [0.15, 0.2) is 18.2 Å². The lowest BCUT2D eigenvalue weighted by Crippen LogP contribution is -2.12. The Morgan fingerprint density at radius 2 is 2.00 bits per heavy atom. The molecule has 0 radical (unpaired) electrons. The number of hydrogen-bond donors (Lipinski definition) is 1. The molecule has 20 heavy (non-hydrogen) atoms. The quantitative estimate of drug-likeness (QED) is 0.850. The predicted molar refractivity (Wildman–Crippen MR) is 72.7 cm³/mol. The van der Waals surface area contributed by atoms with Crippen molar-refractivity contribution in [3.8, 4) is 11.4 Å². The molecule has 1 aromatic heterocycles. The van der Waals surface area contributed by atoms with E-state index >= 15 is 0 Å². The molecule has 104 valence electrons. The molecule has 5 nitrogen and oxygen atoms in total. The minimum Gasteiger partial charge on any atom is -0.465 e. The highest BCUT2D eigenvalue weighted by molar-refractivity contribution is 5.95. The van der Waals surface area contributed by atoms with E-state index in [4.69, 9.17) is 5.73 Å². The Morgan fingerprint density at radius 3 is 2.60 bits per heavy atom. The van der Waals surface area contributed by atoms with Crippen molar-refractivity contribution in [1.82, 2.24) is 9.97 Å². The molecule has 0 fully saturated rings. The molecule has 6 heteroatoms. The third-order valence-corrected chi connectivity index (χ3v) is 2.95. The number of methoxy groups -OCH3 is 1. The highest BCUT2D eigenvalue weighted by Crippen LogP contribution is 2.24. The molecule has 0 saturated carbocycles. The number of ether oxygens (including phenoxy) is 1. The summed E-state index contributed by atoms with van der Waals surface area (Å²) in [7, 11) is 1.26. The van der Waals surface area contributed by atoms with Gasteiger partial charge in [0, 0.05) is 5.56 Å². The molecule has 0 unspecified atom stereocenters. The first-order valence-electron chi connectivity index (χ1n) is 5.93. The number of carbonyl (C=O) groups excluding carboxylic acids is 1. The minimum atomic E-state index is -0.595. The average Bonchev–Trinajstić information content (AvgIpc) is 2.40. The lowest BCUT2D eigenvalue weighted by molar-refractivity contribution is 0.0600. The SMILES string of the molecule is COC(=O)c1c(C)nc(-c2cc(F)ccc2C)nc1N. The van der Waals surface area contributed by atoms with E-state index in [0.717, 1.165) is 5.56 Å². The van der Waals surface area contributed by atoms with Crippen molar-refractivity contribution in [1.29, 1.82) is 0 Å². The lowest BCUT2D eigenvalue weighted by Gasteiger charge is -2.10. The van der Waals surface area contributed by atoms with Crippen molar-refractivity contribution in [3.05, 3.63) is 40.8 Å². The molecular weight excluding hydrogens is 261 g/mol. The van der Waals surface area contributed by atoms with Crippen LogP contribution >= 0.6 is 0 Å². The van der Waals surface area contributed by atoms with Crippen LogP contribution in [0.4, 0.5) is 10.2 Å². The second kappa shape index (κ2) is 5.24. The summed E-state index contributed by atoms with van der Waals surface area (Å²) in [6.45, 7) is 3.44. The first-order valence-corrected chi connectivity index (χ1v) is 5.93. The van der Waals surface area contributed by atoms with Gasteiger partial charge < -0.3 is 10.5 Å². The van der Waals surface area contributed by atoms with E-state index in [2.05, 4.69) is 14.7 Å². The van der Waals surface area contributed by atoms with Crippen LogP contribution in [0.3, 0.4) is 0 Å². The van der Waals surface area contributed by atoms with Crippen LogP contribution in [0, 0.1) is 19.7 Å². The molecule has 0 aliphatic carbocycles. The summed E-state index contributed by atoms with van der Waals surface area (Å²) in [6, 6.07) is 4.33. The van der Waals surface area contributed by atoms with Crippen molar-refractivity contribution < 1.29 is 13.9 Å². The monoisotopic (exact) mass is 275 g/mol. The van der Waals surface area contributed by atoms with Gasteiger partial charge in [0.15, 0.2) is 5.82 Å². The predicted octanol–water partition coefficient (Wildman–Crippen LogP) is 2.27. The standard InChI is InChI=1S/C14H14FN3O2/c1-7-4-5-9(15)6-10(7)13-17-8(2)11(12(16)18-13)14(19)20-3/h4-6H,1-3H3,(H2,16,17,18). The number of anilines is 1. The van der Waals surface area contributed by atoms with Gasteiger partial charge in [0.1, 0.15) is 17.2 Å². The Morgan fingerprint density at radius 1 is 1.30 bits per heavy atom. The second-order valence-electron chi connectivity index (χ2n) is 4.34. The van der Waals surface area contributed by atoms with Crippen LogP contribution in [0.1, 0.15) is 21.6 Å². The number of rotatable bonds is 2. The number of nitrogen functional groups attached to an aromatic ring is 1. The first-order chi connectivity index (χ1) is 9.43. The van der Waals surface area contributed by atoms with Crippen molar-refractivity contribution in [2.75, 3.05) is 12.8 Å². The van der Waals surface area contributed by atoms with Crippen LogP contribution in [-0.2, 0) is 4.74 Å². The van der Waals surface area contributed by atoms with E-state index in [1.54, 1.807) is 13.0 Å². The molecule has 0 bridgehead atoms. The van der Waals surface area contributed by atoms with Crippen LogP contribution in [0.25, 0.3) is 11.4 Å². The van der Waals surface area contributed by atoms with E-state index in [9.17, 15) is 9.18 Å². The summed E-state index contributed by atoms with van der Waals surface area (Å²) in [5.74, 6) is -0.683. The lowest BCUT2D eigenvalue weighted by atomic mass is 10.1. The molecule has 0 aliphatic rings. The van der Waals surface area contributed by atoms with E-state index < -0.39 is 5.97 Å². The molecule has 2 rings (SSSR count). The molecule has 0 spiro atoms. The molecule has 1 heterocycles. The molecular formula is C14H14FN3O2. The van der Waals surface area contributed by atoms with Gasteiger partial charge in [-0.15, -0.1) is 0 Å². The number of nitrogens with two attached hydrogens (primary N) is 1. The number of benzene rings is 1. The molecule has 0 saturated heterocycles. The van der Waals surface area contributed by atoms with Gasteiger partial charge in [-0.25, -0.2) is 19.2 Å². The minimum absolute atomic E-state index is 0.0167. The number of hydrogen-bond acceptors (Lipinski definition) is 5. The Labute approximate surface area is 115 Å². The first kappa shape index (κ1) is 13.9. The molecule has 1 aromatic carbocycles. The summed E-state index contributed by atoms with van der Waals surface area (Å²) in [6.07, 6.45) is 0. The van der Waals surface area contributed by atoms with Crippen molar-refractivity contribution in [2.45, 2.75) is 13.8 Å². The molecule has 0 amide bonds. The normalized spacial score (nSPS) is 10.4. The van der Waals surface area contributed by atoms with E-state index in [1.807, 2.05) is 6.92 Å². The number of aromatic nitrogens is 2. The molecule has 0 atom stereocenters. The van der Waals surface area contributed by atoms with Crippen molar-refractivity contribution in [2.24, 2.45) is 0 Å². The topological polar surface area (TPSA) is 78.1 Å². The molecule has 2 aromatic rings. The van der Waals surface area contributed by atoms with Gasteiger partial charge in [0.2, 0.25) is 0 Å². The van der Waals surface area contributed by atoms with E-state index in [0.29, 0.717) is 11.3 Å². The second-order valence-corrected chi connectivity index (χ2v) is 4.34. The number of nitrogens with zero attached hydrogens (tertiary/aromatic N) is 2. The van der Waals surface area contributed by atoms with Gasteiger partial charge in [0.05, 0.1) is 12.8 Å². The maximum Gasteiger partial charge on any atom is 0.343 e. The smallest absolute Gasteiger partial charge is 0.343 e. The maximum absolute atomic E-state index is 13.3. The Bertz CT molecular complexity index is 663. The zero-order chi connectivity index (χ0) is 14.9. The average molecular weight is 275 g/mol. The van der Waals surface area contributed by atoms with Crippen LogP contribution in [0.5, 0.6) is 0 Å². The van der Waals surface area contributed by atoms with Crippen LogP contribution < -0.4 is 5.73 Å². The van der Waals surface area contributed by atoms with Crippen LogP contribution in [-0.4, -0.2) is 23.0 Å². The van der Waals surface area contributed by atoms with Crippen molar-refractivity contribution >= 4 is 11.8 Å². The number of carbonyl (C=O) groups is 1. The molecule has 2 N–H and O–H groups in total. The number of halogens is 1. The van der Waals surface area contributed by atoms with Crippen LogP contribution in [0.2, 0.25) is 0 Å². The van der Waals surface area contributed by atoms with Crippen molar-refractivity contribution in [3.63, 3.8) is 0 Å². The third-order valence-electron chi connectivity index (χ3n) is 2.95. The van der Waals surface area contributed by atoms with E-state index in [1.165, 1.54) is 19.2 Å². The fourth-order valence-corrected chi connectivity index (χ4v) is 1.91. The zero-order valence-corrected chi connectivity index (χ0v) is 11.4. The van der Waals surface area contributed by atoms with E-state index in [-0.39, 0.29) is 23.0 Å². The zero-order valence-electron chi connectivity index (χ0n) is 11.4. The fraction of sp³-hybridized carbons (Fsp3) is 0.214. The Hall–Kier alpha value is -2.50. The van der Waals surface area contributed by atoms with Gasteiger partial charge in [0.25, 0.3) is 0 Å². The highest BCUT2D eigenvalue weighted by Gasteiger charge is 2.18. The Balaban J connectivity index is 2.61. The van der Waals surface area contributed by atoms with Gasteiger partial charge in [-0.3, -0.25) is 0 Å². The fourth-order valence-electron chi connectivity index (χ4n) is 1.91. The summed E-state index contributed by atoms with van der Waals surface area (Å²) >= 11 is 0. The summed E-state index contributed by atoms with van der Waals surface area (Å²) in [5.41, 5.74) is 7.65. The summed E-state index contributed by atoms with van der Waals surface area (Å²) < 4.78 is 18.0. The van der Waals surface area contributed by atoms with Gasteiger partial charge >= 0.3 is 5.97 Å². The van der Waals surface area contributed by atoms with Gasteiger partial charge in [-0.05, 0) is 31.5 Å². The maximum atomic E-state index is 13.3. The number of aryl methyl sites for hydroxylation is 2. The van der Waals surface area contributed by atoms with Gasteiger partial charge in [-0.2, -0.15) is 0 Å². The van der Waals surface area contributed by atoms with Gasteiger partial charge in [-0.1, -0.05) is 6.07 Å². The Kier molecular flexibility index (Phi) is 3.65.